The zero-order chi connectivity index (χ0) is 15.2. The van der Waals surface area contributed by atoms with Crippen LogP contribution >= 0.6 is 0 Å². The summed E-state index contributed by atoms with van der Waals surface area (Å²) in [6, 6.07) is 8.91. The van der Waals surface area contributed by atoms with E-state index in [1.165, 1.54) is 24.8 Å². The second-order valence-electron chi connectivity index (χ2n) is 6.72. The molecule has 0 saturated carbocycles. The van der Waals surface area contributed by atoms with Gasteiger partial charge in [0, 0.05) is 26.1 Å². The molecule has 0 fully saturated rings. The fraction of sp³-hybridized carbons (Fsp3) is 0.611. The first kappa shape index (κ1) is 16.0. The number of nitrogens with zero attached hydrogens (tertiary/aromatic N) is 1. The van der Waals surface area contributed by atoms with Gasteiger partial charge in [-0.25, -0.2) is 0 Å². The van der Waals surface area contributed by atoms with Crippen LogP contribution in [0.3, 0.4) is 0 Å². The summed E-state index contributed by atoms with van der Waals surface area (Å²) >= 11 is 0. The predicted octanol–water partition coefficient (Wildman–Crippen LogP) is 3.39. The lowest BCUT2D eigenvalue weighted by molar-refractivity contribution is 0.228. The quantitative estimate of drug-likeness (QED) is 0.596. The highest BCUT2D eigenvalue weighted by Gasteiger charge is 2.22. The number of amidine groups is 1. The lowest BCUT2D eigenvalue weighted by Gasteiger charge is -2.32. The third kappa shape index (κ3) is 4.85. The molecule has 0 amide bonds. The SMILES string of the molecule is CC(C)CN(CCC(=N)N)CC1CCCc2ccccc21. The molecule has 1 aromatic carbocycles. The van der Waals surface area contributed by atoms with E-state index >= 15 is 0 Å². The van der Waals surface area contributed by atoms with Crippen molar-refractivity contribution >= 4 is 5.84 Å². The van der Waals surface area contributed by atoms with E-state index in [2.05, 4.69) is 43.0 Å². The largest absolute Gasteiger partial charge is 0.388 e. The zero-order valence-electron chi connectivity index (χ0n) is 13.4. The summed E-state index contributed by atoms with van der Waals surface area (Å²) in [4.78, 5) is 2.50. The molecule has 2 rings (SSSR count). The van der Waals surface area contributed by atoms with Crippen LogP contribution in [0, 0.1) is 11.3 Å². The van der Waals surface area contributed by atoms with Gasteiger partial charge in [0.05, 0.1) is 5.84 Å². The summed E-state index contributed by atoms with van der Waals surface area (Å²) in [6.07, 6.45) is 4.49. The average Bonchev–Trinajstić information content (AvgIpc) is 2.44. The number of rotatable bonds is 7. The Kier molecular flexibility index (Phi) is 5.80. The van der Waals surface area contributed by atoms with Gasteiger partial charge < -0.3 is 10.6 Å². The molecule has 0 aliphatic heterocycles. The predicted molar refractivity (Wildman–Crippen MR) is 89.9 cm³/mol. The molecular formula is C18H29N3. The van der Waals surface area contributed by atoms with E-state index in [0.717, 1.165) is 19.6 Å². The third-order valence-corrected chi connectivity index (χ3v) is 4.29. The summed E-state index contributed by atoms with van der Waals surface area (Å²) in [7, 11) is 0. The number of hydrogen-bond acceptors (Lipinski definition) is 2. The Morgan fingerprint density at radius 3 is 2.86 bits per heavy atom. The number of fused-ring (bicyclic) bond motifs is 1. The molecule has 116 valence electrons. The summed E-state index contributed by atoms with van der Waals surface area (Å²) in [5.41, 5.74) is 8.61. The molecular weight excluding hydrogens is 258 g/mol. The second-order valence-corrected chi connectivity index (χ2v) is 6.72. The fourth-order valence-electron chi connectivity index (χ4n) is 3.41. The van der Waals surface area contributed by atoms with Crippen molar-refractivity contribution < 1.29 is 0 Å². The first-order valence-corrected chi connectivity index (χ1v) is 8.19. The highest BCUT2D eigenvalue weighted by molar-refractivity contribution is 5.76. The molecule has 1 unspecified atom stereocenters. The summed E-state index contributed by atoms with van der Waals surface area (Å²) < 4.78 is 0. The van der Waals surface area contributed by atoms with Crippen molar-refractivity contribution in [2.45, 2.75) is 45.4 Å². The van der Waals surface area contributed by atoms with Crippen LogP contribution in [0.5, 0.6) is 0 Å². The molecule has 1 aliphatic rings. The van der Waals surface area contributed by atoms with Gasteiger partial charge >= 0.3 is 0 Å². The van der Waals surface area contributed by atoms with Gasteiger partial charge in [-0.15, -0.1) is 0 Å². The highest BCUT2D eigenvalue weighted by atomic mass is 15.1. The maximum Gasteiger partial charge on any atom is 0.0918 e. The van der Waals surface area contributed by atoms with Gasteiger partial charge in [-0.2, -0.15) is 0 Å². The Labute approximate surface area is 129 Å². The summed E-state index contributed by atoms with van der Waals surface area (Å²) in [6.45, 7) is 7.62. The molecule has 0 saturated heterocycles. The molecule has 1 aliphatic carbocycles. The standard InChI is InChI=1S/C18H29N3/c1-14(2)12-21(11-10-18(19)20)13-16-8-5-7-15-6-3-4-9-17(15)16/h3-4,6,9,14,16H,5,7-8,10-13H2,1-2H3,(H3,19,20). The number of benzene rings is 1. The topological polar surface area (TPSA) is 53.1 Å². The van der Waals surface area contributed by atoms with Crippen molar-refractivity contribution in [1.29, 1.82) is 5.41 Å². The monoisotopic (exact) mass is 287 g/mol. The molecule has 1 atom stereocenters. The smallest absolute Gasteiger partial charge is 0.0918 e. The van der Waals surface area contributed by atoms with Crippen LogP contribution in [0.25, 0.3) is 0 Å². The number of hydrogen-bond donors (Lipinski definition) is 2. The van der Waals surface area contributed by atoms with Gasteiger partial charge in [0.1, 0.15) is 0 Å². The van der Waals surface area contributed by atoms with Gasteiger partial charge in [0.15, 0.2) is 0 Å². The van der Waals surface area contributed by atoms with Gasteiger partial charge in [-0.3, -0.25) is 5.41 Å². The number of nitrogens with one attached hydrogen (secondary N) is 1. The van der Waals surface area contributed by atoms with E-state index in [0.29, 0.717) is 24.1 Å². The molecule has 0 radical (unpaired) electrons. The molecule has 0 aromatic heterocycles. The van der Waals surface area contributed by atoms with Crippen molar-refractivity contribution in [2.24, 2.45) is 11.7 Å². The van der Waals surface area contributed by atoms with Crippen LogP contribution in [0.4, 0.5) is 0 Å². The minimum atomic E-state index is 0.299. The zero-order valence-corrected chi connectivity index (χ0v) is 13.4. The van der Waals surface area contributed by atoms with Gasteiger partial charge in [0.2, 0.25) is 0 Å². The van der Waals surface area contributed by atoms with E-state index < -0.39 is 0 Å². The first-order valence-electron chi connectivity index (χ1n) is 8.19. The van der Waals surface area contributed by atoms with Crippen LogP contribution in [0.2, 0.25) is 0 Å². The average molecular weight is 287 g/mol. The van der Waals surface area contributed by atoms with Gasteiger partial charge in [-0.05, 0) is 42.2 Å². The Morgan fingerprint density at radius 2 is 2.14 bits per heavy atom. The van der Waals surface area contributed by atoms with Crippen molar-refractivity contribution in [3.05, 3.63) is 35.4 Å². The minimum Gasteiger partial charge on any atom is -0.388 e. The summed E-state index contributed by atoms with van der Waals surface area (Å²) in [5.74, 6) is 1.59. The van der Waals surface area contributed by atoms with E-state index in [9.17, 15) is 0 Å². The van der Waals surface area contributed by atoms with E-state index in [1.807, 2.05) is 0 Å². The van der Waals surface area contributed by atoms with Gasteiger partial charge in [-0.1, -0.05) is 38.1 Å². The van der Waals surface area contributed by atoms with Crippen LogP contribution in [0.15, 0.2) is 24.3 Å². The van der Waals surface area contributed by atoms with Crippen LogP contribution in [-0.2, 0) is 6.42 Å². The molecule has 3 N–H and O–H groups in total. The Bertz CT molecular complexity index is 467. The third-order valence-electron chi connectivity index (χ3n) is 4.29. The summed E-state index contributed by atoms with van der Waals surface area (Å²) in [5, 5.41) is 7.46. The number of nitrogens with two attached hydrogens (primary N) is 1. The van der Waals surface area contributed by atoms with Crippen molar-refractivity contribution in [2.75, 3.05) is 19.6 Å². The van der Waals surface area contributed by atoms with Crippen LogP contribution < -0.4 is 5.73 Å². The molecule has 0 bridgehead atoms. The van der Waals surface area contributed by atoms with Crippen molar-refractivity contribution in [3.63, 3.8) is 0 Å². The number of aryl methyl sites for hydroxylation is 1. The van der Waals surface area contributed by atoms with Crippen LogP contribution in [-0.4, -0.2) is 30.4 Å². The van der Waals surface area contributed by atoms with E-state index in [4.69, 9.17) is 11.1 Å². The lowest BCUT2D eigenvalue weighted by atomic mass is 9.82. The molecule has 3 nitrogen and oxygen atoms in total. The van der Waals surface area contributed by atoms with Crippen molar-refractivity contribution in [1.82, 2.24) is 4.90 Å². The maximum absolute atomic E-state index is 7.46. The van der Waals surface area contributed by atoms with Gasteiger partial charge in [0.25, 0.3) is 0 Å². The minimum absolute atomic E-state index is 0.299. The second kappa shape index (κ2) is 7.60. The van der Waals surface area contributed by atoms with Crippen molar-refractivity contribution in [3.8, 4) is 0 Å². The van der Waals surface area contributed by atoms with Crippen LogP contribution in [0.1, 0.15) is 50.2 Å². The normalized spacial score (nSPS) is 18.0. The maximum atomic E-state index is 7.46. The molecule has 0 heterocycles. The Hall–Kier alpha value is -1.35. The first-order chi connectivity index (χ1) is 10.1. The molecule has 0 spiro atoms. The molecule has 3 heteroatoms. The van der Waals surface area contributed by atoms with E-state index in [-0.39, 0.29) is 0 Å². The Morgan fingerprint density at radius 1 is 1.38 bits per heavy atom. The lowest BCUT2D eigenvalue weighted by Crippen LogP contribution is -2.35. The molecule has 21 heavy (non-hydrogen) atoms. The fourth-order valence-corrected chi connectivity index (χ4v) is 3.41. The Balaban J connectivity index is 2.04. The van der Waals surface area contributed by atoms with E-state index in [1.54, 1.807) is 5.56 Å². The molecule has 1 aromatic rings. The highest BCUT2D eigenvalue weighted by Crippen LogP contribution is 2.32.